The van der Waals surface area contributed by atoms with Gasteiger partial charge in [-0.3, -0.25) is 9.80 Å². The first-order valence-corrected chi connectivity index (χ1v) is 10.4. The maximum Gasteiger partial charge on any atom is 0.315 e. The zero-order valence-corrected chi connectivity index (χ0v) is 16.4. The van der Waals surface area contributed by atoms with E-state index in [2.05, 4.69) is 27.4 Å². The molecule has 0 radical (unpaired) electrons. The molecule has 1 aromatic rings. The number of nitrogens with one attached hydrogen (secondary N) is 2. The SMILES string of the molecule is CC(CNC(=O)NC1CCN(Cc2ccc(F)cc2)CC1)N1CCCCC1. The molecule has 5 nitrogen and oxygen atoms in total. The molecule has 2 N–H and O–H groups in total. The topological polar surface area (TPSA) is 47.6 Å². The molecule has 2 fully saturated rings. The first-order valence-electron chi connectivity index (χ1n) is 10.4. The van der Waals surface area contributed by atoms with E-state index in [4.69, 9.17) is 0 Å². The van der Waals surface area contributed by atoms with Gasteiger partial charge in [-0.05, 0) is 63.4 Å². The molecule has 6 heteroatoms. The van der Waals surface area contributed by atoms with Gasteiger partial charge >= 0.3 is 6.03 Å². The van der Waals surface area contributed by atoms with Gasteiger partial charge < -0.3 is 10.6 Å². The quantitative estimate of drug-likeness (QED) is 0.802. The molecule has 2 aliphatic heterocycles. The highest BCUT2D eigenvalue weighted by Crippen LogP contribution is 2.15. The third-order valence-corrected chi connectivity index (χ3v) is 5.81. The second-order valence-electron chi connectivity index (χ2n) is 7.98. The van der Waals surface area contributed by atoms with Gasteiger partial charge in [-0.2, -0.15) is 0 Å². The number of nitrogens with zero attached hydrogens (tertiary/aromatic N) is 2. The van der Waals surface area contributed by atoms with Crippen LogP contribution in [0.3, 0.4) is 0 Å². The van der Waals surface area contributed by atoms with Crippen LogP contribution in [0.5, 0.6) is 0 Å². The summed E-state index contributed by atoms with van der Waals surface area (Å²) in [5.74, 6) is -0.192. The summed E-state index contributed by atoms with van der Waals surface area (Å²) in [5, 5.41) is 6.17. The fourth-order valence-electron chi connectivity index (χ4n) is 4.05. The highest BCUT2D eigenvalue weighted by molar-refractivity contribution is 5.74. The number of carbonyl (C=O) groups is 1. The number of likely N-dealkylation sites (tertiary alicyclic amines) is 2. The van der Waals surface area contributed by atoms with Crippen LogP contribution in [-0.2, 0) is 6.54 Å². The van der Waals surface area contributed by atoms with Crippen molar-refractivity contribution in [2.24, 2.45) is 0 Å². The Kier molecular flexibility index (Phi) is 7.47. The Morgan fingerprint density at radius 2 is 1.78 bits per heavy atom. The van der Waals surface area contributed by atoms with E-state index in [0.717, 1.165) is 51.1 Å². The first-order chi connectivity index (χ1) is 13.1. The molecule has 0 saturated carbocycles. The van der Waals surface area contributed by atoms with Gasteiger partial charge in [-0.25, -0.2) is 9.18 Å². The average Bonchev–Trinajstić information content (AvgIpc) is 2.70. The maximum atomic E-state index is 13.0. The molecule has 27 heavy (non-hydrogen) atoms. The lowest BCUT2D eigenvalue weighted by molar-refractivity contribution is 0.167. The summed E-state index contributed by atoms with van der Waals surface area (Å²) >= 11 is 0. The predicted molar refractivity (Wildman–Crippen MR) is 106 cm³/mol. The van der Waals surface area contributed by atoms with Crippen LogP contribution < -0.4 is 10.6 Å². The number of rotatable bonds is 6. The van der Waals surface area contributed by atoms with E-state index < -0.39 is 0 Å². The van der Waals surface area contributed by atoms with E-state index in [1.165, 1.54) is 31.4 Å². The molecule has 0 spiro atoms. The molecule has 3 rings (SSSR count). The van der Waals surface area contributed by atoms with Crippen molar-refractivity contribution in [1.82, 2.24) is 20.4 Å². The number of benzene rings is 1. The second kappa shape index (κ2) is 10.0. The van der Waals surface area contributed by atoms with Gasteiger partial charge in [-0.1, -0.05) is 18.6 Å². The number of urea groups is 1. The van der Waals surface area contributed by atoms with E-state index >= 15 is 0 Å². The molecule has 1 aromatic carbocycles. The van der Waals surface area contributed by atoms with Crippen LogP contribution in [0.2, 0.25) is 0 Å². The van der Waals surface area contributed by atoms with Gasteiger partial charge in [0.25, 0.3) is 0 Å². The molecule has 1 atom stereocenters. The number of halogens is 1. The summed E-state index contributed by atoms with van der Waals surface area (Å²) in [6.07, 6.45) is 5.78. The second-order valence-corrected chi connectivity index (χ2v) is 7.98. The minimum atomic E-state index is -0.192. The Morgan fingerprint density at radius 3 is 2.44 bits per heavy atom. The Bertz CT molecular complexity index is 580. The first kappa shape index (κ1) is 20.1. The minimum absolute atomic E-state index is 0.0455. The Hall–Kier alpha value is -1.66. The van der Waals surface area contributed by atoms with Gasteiger partial charge in [0.15, 0.2) is 0 Å². The fourth-order valence-corrected chi connectivity index (χ4v) is 4.05. The Balaban J connectivity index is 1.32. The van der Waals surface area contributed by atoms with Gasteiger partial charge in [-0.15, -0.1) is 0 Å². The van der Waals surface area contributed by atoms with Gasteiger partial charge in [0.1, 0.15) is 5.82 Å². The highest BCUT2D eigenvalue weighted by Gasteiger charge is 2.22. The molecular formula is C21H33FN4O. The summed E-state index contributed by atoms with van der Waals surface area (Å²) in [7, 11) is 0. The third kappa shape index (κ3) is 6.47. The minimum Gasteiger partial charge on any atom is -0.337 e. The molecule has 0 bridgehead atoms. The number of hydrogen-bond donors (Lipinski definition) is 2. The molecule has 1 unspecified atom stereocenters. The van der Waals surface area contributed by atoms with Crippen LogP contribution in [0.4, 0.5) is 9.18 Å². The lowest BCUT2D eigenvalue weighted by Gasteiger charge is -2.33. The zero-order chi connectivity index (χ0) is 19.1. The average molecular weight is 377 g/mol. The van der Waals surface area contributed by atoms with Crippen molar-refractivity contribution >= 4 is 6.03 Å². The van der Waals surface area contributed by atoms with Crippen LogP contribution in [0.1, 0.15) is 44.6 Å². The summed E-state index contributed by atoms with van der Waals surface area (Å²) in [6, 6.07) is 7.30. The Morgan fingerprint density at radius 1 is 1.11 bits per heavy atom. The molecule has 2 aliphatic rings. The van der Waals surface area contributed by atoms with E-state index in [9.17, 15) is 9.18 Å². The standard InChI is InChI=1S/C21H33FN4O/c1-17(26-11-3-2-4-12-26)15-23-21(27)24-20-9-13-25(14-10-20)16-18-5-7-19(22)8-6-18/h5-8,17,20H,2-4,9-16H2,1H3,(H2,23,24,27). The fraction of sp³-hybridized carbons (Fsp3) is 0.667. The summed E-state index contributed by atoms with van der Waals surface area (Å²) in [5.41, 5.74) is 1.13. The van der Waals surface area contributed by atoms with E-state index in [1.54, 1.807) is 0 Å². The number of amides is 2. The molecule has 150 valence electrons. The van der Waals surface area contributed by atoms with Crippen LogP contribution in [0.25, 0.3) is 0 Å². The van der Waals surface area contributed by atoms with Crippen molar-refractivity contribution < 1.29 is 9.18 Å². The van der Waals surface area contributed by atoms with E-state index in [0.29, 0.717) is 12.6 Å². The van der Waals surface area contributed by atoms with Crippen molar-refractivity contribution in [1.29, 1.82) is 0 Å². The van der Waals surface area contributed by atoms with E-state index in [1.807, 2.05) is 12.1 Å². The van der Waals surface area contributed by atoms with Crippen molar-refractivity contribution in [3.05, 3.63) is 35.6 Å². The van der Waals surface area contributed by atoms with Crippen molar-refractivity contribution in [3.63, 3.8) is 0 Å². The maximum absolute atomic E-state index is 13.0. The lowest BCUT2D eigenvalue weighted by Crippen LogP contribution is -2.50. The molecule has 2 saturated heterocycles. The van der Waals surface area contributed by atoms with Gasteiger partial charge in [0.05, 0.1) is 0 Å². The van der Waals surface area contributed by atoms with Gasteiger partial charge in [0, 0.05) is 38.3 Å². The summed E-state index contributed by atoms with van der Waals surface area (Å²) < 4.78 is 13.0. The van der Waals surface area contributed by atoms with Crippen molar-refractivity contribution in [2.75, 3.05) is 32.7 Å². The van der Waals surface area contributed by atoms with Gasteiger partial charge in [0.2, 0.25) is 0 Å². The number of hydrogen-bond acceptors (Lipinski definition) is 3. The van der Waals surface area contributed by atoms with E-state index in [-0.39, 0.29) is 17.9 Å². The van der Waals surface area contributed by atoms with Crippen molar-refractivity contribution in [2.45, 2.75) is 57.7 Å². The zero-order valence-electron chi connectivity index (χ0n) is 16.4. The third-order valence-electron chi connectivity index (χ3n) is 5.81. The molecule has 0 aliphatic carbocycles. The summed E-state index contributed by atoms with van der Waals surface area (Å²) in [6.45, 7) is 7.94. The van der Waals surface area contributed by atoms with Crippen LogP contribution in [0, 0.1) is 5.82 Å². The van der Waals surface area contributed by atoms with Crippen LogP contribution in [-0.4, -0.2) is 60.6 Å². The highest BCUT2D eigenvalue weighted by atomic mass is 19.1. The number of piperidine rings is 2. The molecule has 2 amide bonds. The smallest absolute Gasteiger partial charge is 0.315 e. The normalized spacial score (nSPS) is 21.0. The van der Waals surface area contributed by atoms with Crippen molar-refractivity contribution in [3.8, 4) is 0 Å². The number of carbonyl (C=O) groups excluding carboxylic acids is 1. The largest absolute Gasteiger partial charge is 0.337 e. The van der Waals surface area contributed by atoms with Crippen LogP contribution >= 0.6 is 0 Å². The summed E-state index contributed by atoms with van der Waals surface area (Å²) in [4.78, 5) is 17.0. The monoisotopic (exact) mass is 376 g/mol. The van der Waals surface area contributed by atoms with Crippen LogP contribution in [0.15, 0.2) is 24.3 Å². The lowest BCUT2D eigenvalue weighted by atomic mass is 10.0. The predicted octanol–water partition coefficient (Wildman–Crippen LogP) is 2.96. The molecular weight excluding hydrogens is 343 g/mol. The Labute approximate surface area is 162 Å². The molecule has 0 aromatic heterocycles. The molecule has 2 heterocycles.